The van der Waals surface area contributed by atoms with Crippen molar-refractivity contribution in [2.75, 3.05) is 26.2 Å². The minimum absolute atomic E-state index is 0.0241. The first kappa shape index (κ1) is 17.4. The third kappa shape index (κ3) is 4.16. The Morgan fingerprint density at radius 2 is 1.80 bits per heavy atom. The van der Waals surface area contributed by atoms with Gasteiger partial charge in [-0.25, -0.2) is 4.39 Å². The Hall–Kier alpha value is -2.42. The smallest absolute Gasteiger partial charge is 0.253 e. The Labute approximate surface area is 151 Å². The van der Waals surface area contributed by atoms with Crippen molar-refractivity contribution in [1.29, 1.82) is 5.26 Å². The topological polar surface area (TPSA) is 47.3 Å². The highest BCUT2D eigenvalue weighted by molar-refractivity contribution is 6.31. The van der Waals surface area contributed by atoms with Crippen LogP contribution >= 0.6 is 11.6 Å². The summed E-state index contributed by atoms with van der Waals surface area (Å²) >= 11 is 6.08. The Balaban J connectivity index is 1.57. The Bertz CT molecular complexity index is 808. The number of benzene rings is 2. The van der Waals surface area contributed by atoms with Gasteiger partial charge in [-0.2, -0.15) is 5.26 Å². The molecule has 0 saturated carbocycles. The van der Waals surface area contributed by atoms with Crippen LogP contribution in [-0.4, -0.2) is 41.9 Å². The monoisotopic (exact) mass is 357 g/mol. The van der Waals surface area contributed by atoms with Gasteiger partial charge in [-0.3, -0.25) is 9.69 Å². The summed E-state index contributed by atoms with van der Waals surface area (Å²) in [6.07, 6.45) is 0. The second kappa shape index (κ2) is 7.64. The molecule has 0 aliphatic carbocycles. The van der Waals surface area contributed by atoms with Crippen molar-refractivity contribution in [3.05, 3.63) is 70.0 Å². The zero-order valence-electron chi connectivity index (χ0n) is 13.6. The van der Waals surface area contributed by atoms with Crippen LogP contribution in [0.15, 0.2) is 42.5 Å². The summed E-state index contributed by atoms with van der Waals surface area (Å²) in [5.41, 5.74) is 2.02. The number of carbonyl (C=O) groups excluding carboxylic acids is 1. The van der Waals surface area contributed by atoms with Crippen LogP contribution in [0.25, 0.3) is 0 Å². The molecule has 0 spiro atoms. The van der Waals surface area contributed by atoms with Crippen LogP contribution in [-0.2, 0) is 6.54 Å². The number of rotatable bonds is 3. The Morgan fingerprint density at radius 1 is 1.12 bits per heavy atom. The quantitative estimate of drug-likeness (QED) is 0.846. The highest BCUT2D eigenvalue weighted by atomic mass is 35.5. The molecule has 1 saturated heterocycles. The third-order valence-corrected chi connectivity index (χ3v) is 4.68. The van der Waals surface area contributed by atoms with E-state index in [2.05, 4.69) is 4.90 Å². The predicted octanol–water partition coefficient (Wildman–Crippen LogP) is 3.31. The van der Waals surface area contributed by atoms with E-state index in [1.165, 1.54) is 12.1 Å². The number of nitriles is 1. The molecule has 25 heavy (non-hydrogen) atoms. The molecule has 1 aliphatic heterocycles. The van der Waals surface area contributed by atoms with Gasteiger partial charge in [0.2, 0.25) is 0 Å². The fraction of sp³-hybridized carbons (Fsp3) is 0.263. The van der Waals surface area contributed by atoms with Gasteiger partial charge in [0.1, 0.15) is 5.82 Å². The SMILES string of the molecule is N#Cc1ccc(C(=O)N2CCN(Cc3ccc(F)cc3Cl)CC2)cc1. The van der Waals surface area contributed by atoms with Crippen molar-refractivity contribution in [3.8, 4) is 6.07 Å². The van der Waals surface area contributed by atoms with Crippen molar-refractivity contribution in [3.63, 3.8) is 0 Å². The zero-order chi connectivity index (χ0) is 17.8. The van der Waals surface area contributed by atoms with Crippen molar-refractivity contribution in [2.24, 2.45) is 0 Å². The van der Waals surface area contributed by atoms with Crippen molar-refractivity contribution in [2.45, 2.75) is 6.54 Å². The number of hydrogen-bond donors (Lipinski definition) is 0. The molecule has 2 aromatic carbocycles. The van der Waals surface area contributed by atoms with Gasteiger partial charge in [0.15, 0.2) is 0 Å². The lowest BCUT2D eigenvalue weighted by Gasteiger charge is -2.35. The maximum atomic E-state index is 13.1. The summed E-state index contributed by atoms with van der Waals surface area (Å²) in [5, 5.41) is 9.25. The molecule has 6 heteroatoms. The molecule has 128 valence electrons. The lowest BCUT2D eigenvalue weighted by molar-refractivity contribution is 0.0628. The molecular formula is C19H17ClFN3O. The average molecular weight is 358 g/mol. The normalized spacial score (nSPS) is 15.0. The van der Waals surface area contributed by atoms with Gasteiger partial charge in [-0.05, 0) is 42.0 Å². The van der Waals surface area contributed by atoms with Gasteiger partial charge < -0.3 is 4.90 Å². The maximum Gasteiger partial charge on any atom is 0.253 e. The molecule has 0 unspecified atom stereocenters. The molecule has 1 heterocycles. The van der Waals surface area contributed by atoms with E-state index in [0.717, 1.165) is 18.7 Å². The van der Waals surface area contributed by atoms with Crippen molar-refractivity contribution < 1.29 is 9.18 Å². The number of halogens is 2. The molecule has 1 amide bonds. The second-order valence-corrected chi connectivity index (χ2v) is 6.40. The predicted molar refractivity (Wildman–Crippen MR) is 93.7 cm³/mol. The maximum absolute atomic E-state index is 13.1. The molecule has 0 aromatic heterocycles. The molecule has 0 radical (unpaired) electrons. The van der Waals surface area contributed by atoms with Gasteiger partial charge in [-0.1, -0.05) is 17.7 Å². The van der Waals surface area contributed by atoms with Crippen molar-refractivity contribution in [1.82, 2.24) is 9.80 Å². The molecule has 1 fully saturated rings. The second-order valence-electron chi connectivity index (χ2n) is 5.99. The largest absolute Gasteiger partial charge is 0.336 e. The minimum atomic E-state index is -0.341. The summed E-state index contributed by atoms with van der Waals surface area (Å²) < 4.78 is 13.1. The van der Waals surface area contributed by atoms with E-state index in [4.69, 9.17) is 16.9 Å². The van der Waals surface area contributed by atoms with Crippen LogP contribution in [0.5, 0.6) is 0 Å². The lowest BCUT2D eigenvalue weighted by Crippen LogP contribution is -2.48. The number of hydrogen-bond acceptors (Lipinski definition) is 3. The molecule has 1 aliphatic rings. The third-order valence-electron chi connectivity index (χ3n) is 4.33. The molecule has 4 nitrogen and oxygen atoms in total. The van der Waals surface area contributed by atoms with E-state index in [-0.39, 0.29) is 11.7 Å². The van der Waals surface area contributed by atoms with Crippen LogP contribution in [0.3, 0.4) is 0 Å². The summed E-state index contributed by atoms with van der Waals surface area (Å²) in [6.45, 7) is 3.35. The molecule has 0 atom stereocenters. The van der Waals surface area contributed by atoms with E-state index >= 15 is 0 Å². The highest BCUT2D eigenvalue weighted by Crippen LogP contribution is 2.20. The summed E-state index contributed by atoms with van der Waals surface area (Å²) in [6, 6.07) is 13.2. The first-order valence-electron chi connectivity index (χ1n) is 8.02. The van der Waals surface area contributed by atoms with Crippen LogP contribution < -0.4 is 0 Å². The molecular weight excluding hydrogens is 341 g/mol. The minimum Gasteiger partial charge on any atom is -0.336 e. The van der Waals surface area contributed by atoms with E-state index in [9.17, 15) is 9.18 Å². The summed E-state index contributed by atoms with van der Waals surface area (Å²) in [5.74, 6) is -0.365. The number of piperazine rings is 1. The van der Waals surface area contributed by atoms with E-state index < -0.39 is 0 Å². The van der Waals surface area contributed by atoms with Crippen molar-refractivity contribution >= 4 is 17.5 Å². The summed E-state index contributed by atoms with van der Waals surface area (Å²) in [4.78, 5) is 16.5. The van der Waals surface area contributed by atoms with E-state index in [1.807, 2.05) is 11.0 Å². The van der Waals surface area contributed by atoms with Crippen LogP contribution in [0.2, 0.25) is 5.02 Å². The number of nitrogens with zero attached hydrogens (tertiary/aromatic N) is 3. The number of carbonyl (C=O) groups is 1. The van der Waals surface area contributed by atoms with Crippen LogP contribution in [0, 0.1) is 17.1 Å². The van der Waals surface area contributed by atoms with E-state index in [1.54, 1.807) is 30.3 Å². The van der Waals surface area contributed by atoms with Gasteiger partial charge in [-0.15, -0.1) is 0 Å². The van der Waals surface area contributed by atoms with Gasteiger partial charge >= 0.3 is 0 Å². The van der Waals surface area contributed by atoms with Gasteiger partial charge in [0.25, 0.3) is 5.91 Å². The van der Waals surface area contributed by atoms with Gasteiger partial charge in [0, 0.05) is 43.3 Å². The van der Waals surface area contributed by atoms with Crippen LogP contribution in [0.4, 0.5) is 4.39 Å². The lowest BCUT2D eigenvalue weighted by atomic mass is 10.1. The molecule has 0 bridgehead atoms. The Morgan fingerprint density at radius 3 is 2.40 bits per heavy atom. The molecule has 0 N–H and O–H groups in total. The molecule has 2 aromatic rings. The van der Waals surface area contributed by atoms with E-state index in [0.29, 0.717) is 35.8 Å². The first-order chi connectivity index (χ1) is 12.1. The average Bonchev–Trinajstić information content (AvgIpc) is 2.64. The highest BCUT2D eigenvalue weighted by Gasteiger charge is 2.22. The fourth-order valence-electron chi connectivity index (χ4n) is 2.87. The Kier molecular flexibility index (Phi) is 5.32. The standard InChI is InChI=1S/C19H17ClFN3O/c20-18-11-17(21)6-5-16(18)13-23-7-9-24(10-8-23)19(25)15-3-1-14(12-22)2-4-15/h1-6,11H,7-10,13H2. The first-order valence-corrected chi connectivity index (χ1v) is 8.40. The van der Waals surface area contributed by atoms with Gasteiger partial charge in [0.05, 0.1) is 11.6 Å². The zero-order valence-corrected chi connectivity index (χ0v) is 14.3. The number of amides is 1. The molecule has 3 rings (SSSR count). The summed E-state index contributed by atoms with van der Waals surface area (Å²) in [7, 11) is 0. The fourth-order valence-corrected chi connectivity index (χ4v) is 3.10. The van der Waals surface area contributed by atoms with Crippen LogP contribution in [0.1, 0.15) is 21.5 Å².